The summed E-state index contributed by atoms with van der Waals surface area (Å²) in [5.74, 6) is 0.836. The Hall–Kier alpha value is -1.69. The quantitative estimate of drug-likeness (QED) is 0.782. The van der Waals surface area contributed by atoms with E-state index < -0.39 is 5.60 Å². The second kappa shape index (κ2) is 7.25. The molecule has 2 rings (SSSR count). The molecule has 0 atom stereocenters. The van der Waals surface area contributed by atoms with Crippen molar-refractivity contribution in [2.75, 3.05) is 13.7 Å². The largest absolute Gasteiger partial charge is 0.497 e. The summed E-state index contributed by atoms with van der Waals surface area (Å²) in [6.07, 6.45) is 2.50. The third-order valence-electron chi connectivity index (χ3n) is 3.28. The second-order valence-electron chi connectivity index (χ2n) is 6.34. The Kier molecular flexibility index (Phi) is 5.57. The first kappa shape index (κ1) is 17.7. The zero-order valence-electron chi connectivity index (χ0n) is 14.0. The number of nitrogens with zero attached hydrogens (tertiary/aromatic N) is 1. The Bertz CT molecular complexity index is 689. The maximum atomic E-state index is 11.6. The van der Waals surface area contributed by atoms with Gasteiger partial charge in [-0.3, -0.25) is 0 Å². The lowest BCUT2D eigenvalue weighted by atomic mass is 10.2. The van der Waals surface area contributed by atoms with E-state index in [2.05, 4.69) is 32.0 Å². The first-order chi connectivity index (χ1) is 10.8. The van der Waals surface area contributed by atoms with E-state index >= 15 is 0 Å². The number of hydrogen-bond acceptors (Lipinski definition) is 3. The van der Waals surface area contributed by atoms with Crippen LogP contribution in [-0.2, 0) is 11.3 Å². The maximum absolute atomic E-state index is 11.6. The Morgan fingerprint density at radius 1 is 1.35 bits per heavy atom. The molecule has 1 N–H and O–H groups in total. The first-order valence-corrected chi connectivity index (χ1v) is 8.39. The third-order valence-corrected chi connectivity index (χ3v) is 3.92. The zero-order chi connectivity index (χ0) is 17.0. The summed E-state index contributed by atoms with van der Waals surface area (Å²) >= 11 is 3.58. The fourth-order valence-corrected chi connectivity index (χ4v) is 2.86. The molecular formula is C17H23BrN2O3. The van der Waals surface area contributed by atoms with E-state index in [0.29, 0.717) is 6.54 Å². The molecule has 0 fully saturated rings. The predicted molar refractivity (Wildman–Crippen MR) is 95.0 cm³/mol. The molecule has 0 bridgehead atoms. The molecule has 23 heavy (non-hydrogen) atoms. The number of benzene rings is 1. The second-order valence-corrected chi connectivity index (χ2v) is 7.19. The summed E-state index contributed by atoms with van der Waals surface area (Å²) in [5.41, 5.74) is 0.667. The highest BCUT2D eigenvalue weighted by Crippen LogP contribution is 2.29. The van der Waals surface area contributed by atoms with E-state index in [1.807, 2.05) is 39.0 Å². The van der Waals surface area contributed by atoms with E-state index in [4.69, 9.17) is 9.47 Å². The van der Waals surface area contributed by atoms with Crippen molar-refractivity contribution >= 4 is 32.9 Å². The molecule has 5 nitrogen and oxygen atoms in total. The van der Waals surface area contributed by atoms with E-state index in [-0.39, 0.29) is 6.09 Å². The van der Waals surface area contributed by atoms with Gasteiger partial charge in [-0.15, -0.1) is 0 Å². The Labute approximate surface area is 145 Å². The van der Waals surface area contributed by atoms with Crippen molar-refractivity contribution in [1.82, 2.24) is 9.88 Å². The highest BCUT2D eigenvalue weighted by atomic mass is 79.9. The Morgan fingerprint density at radius 2 is 2.09 bits per heavy atom. The van der Waals surface area contributed by atoms with Crippen LogP contribution < -0.4 is 10.1 Å². The van der Waals surface area contributed by atoms with Gasteiger partial charge in [0, 0.05) is 34.7 Å². The Morgan fingerprint density at radius 3 is 2.74 bits per heavy atom. The average molecular weight is 383 g/mol. The van der Waals surface area contributed by atoms with Gasteiger partial charge in [0.1, 0.15) is 11.4 Å². The topological polar surface area (TPSA) is 52.5 Å². The van der Waals surface area contributed by atoms with Crippen LogP contribution in [0.3, 0.4) is 0 Å². The van der Waals surface area contributed by atoms with Gasteiger partial charge >= 0.3 is 6.09 Å². The van der Waals surface area contributed by atoms with Gasteiger partial charge in [-0.2, -0.15) is 0 Å². The molecule has 0 radical (unpaired) electrons. The molecule has 0 unspecified atom stereocenters. The number of alkyl carbamates (subject to hydrolysis) is 1. The van der Waals surface area contributed by atoms with Gasteiger partial charge in [0.2, 0.25) is 0 Å². The highest BCUT2D eigenvalue weighted by Gasteiger charge is 2.15. The van der Waals surface area contributed by atoms with Gasteiger partial charge in [-0.05, 0) is 61.3 Å². The number of aromatic nitrogens is 1. The van der Waals surface area contributed by atoms with Crippen molar-refractivity contribution in [3.63, 3.8) is 0 Å². The van der Waals surface area contributed by atoms with Gasteiger partial charge in [-0.25, -0.2) is 4.79 Å². The SMILES string of the molecule is COc1ccc2c(c1)c(Br)cn2CCCNC(=O)OC(C)(C)C. The van der Waals surface area contributed by atoms with Gasteiger partial charge < -0.3 is 19.4 Å². The normalized spacial score (nSPS) is 11.5. The summed E-state index contributed by atoms with van der Waals surface area (Å²) in [5, 5.41) is 3.89. The summed E-state index contributed by atoms with van der Waals surface area (Å²) in [6, 6.07) is 6.00. The Balaban J connectivity index is 1.92. The molecule has 1 aromatic heterocycles. The minimum atomic E-state index is -0.468. The van der Waals surface area contributed by atoms with Gasteiger partial charge in [0.25, 0.3) is 0 Å². The number of nitrogens with one attached hydrogen (secondary N) is 1. The summed E-state index contributed by atoms with van der Waals surface area (Å²) in [4.78, 5) is 11.6. The van der Waals surface area contributed by atoms with Crippen molar-refractivity contribution in [2.24, 2.45) is 0 Å². The molecule has 6 heteroatoms. The fraction of sp³-hybridized carbons (Fsp3) is 0.471. The molecule has 0 saturated heterocycles. The van der Waals surface area contributed by atoms with Crippen LogP contribution in [0.4, 0.5) is 4.79 Å². The molecule has 1 heterocycles. The van der Waals surface area contributed by atoms with Crippen LogP contribution in [0.2, 0.25) is 0 Å². The number of halogens is 1. The zero-order valence-corrected chi connectivity index (χ0v) is 15.6. The molecule has 0 spiro atoms. The number of carbonyl (C=O) groups excluding carboxylic acids is 1. The van der Waals surface area contributed by atoms with Gasteiger partial charge in [-0.1, -0.05) is 0 Å². The summed E-state index contributed by atoms with van der Waals surface area (Å²) in [6.45, 7) is 6.94. The predicted octanol–water partition coefficient (Wildman–Crippen LogP) is 4.33. The van der Waals surface area contributed by atoms with Crippen molar-refractivity contribution in [2.45, 2.75) is 39.3 Å². The lowest BCUT2D eigenvalue weighted by Gasteiger charge is -2.19. The highest BCUT2D eigenvalue weighted by molar-refractivity contribution is 9.10. The number of methoxy groups -OCH3 is 1. The number of hydrogen-bond donors (Lipinski definition) is 1. The van der Waals surface area contributed by atoms with Crippen LogP contribution in [-0.4, -0.2) is 29.9 Å². The lowest BCUT2D eigenvalue weighted by molar-refractivity contribution is 0.0527. The maximum Gasteiger partial charge on any atom is 0.407 e. The molecular weight excluding hydrogens is 360 g/mol. The molecule has 0 saturated carbocycles. The number of rotatable bonds is 5. The van der Waals surface area contributed by atoms with Crippen molar-refractivity contribution in [1.29, 1.82) is 0 Å². The lowest BCUT2D eigenvalue weighted by Crippen LogP contribution is -2.33. The molecule has 1 aromatic carbocycles. The first-order valence-electron chi connectivity index (χ1n) is 7.59. The molecule has 2 aromatic rings. The van der Waals surface area contributed by atoms with E-state index in [0.717, 1.165) is 34.1 Å². The number of aryl methyl sites for hydroxylation is 1. The van der Waals surface area contributed by atoms with Crippen LogP contribution in [0.5, 0.6) is 5.75 Å². The minimum absolute atomic E-state index is 0.374. The molecule has 0 aliphatic carbocycles. The molecule has 1 amide bonds. The van der Waals surface area contributed by atoms with E-state index in [9.17, 15) is 4.79 Å². The summed E-state index contributed by atoms with van der Waals surface area (Å²) < 4.78 is 13.7. The standard InChI is InChI=1S/C17H23BrN2O3/c1-17(2,3)23-16(21)19-8-5-9-20-11-14(18)13-10-12(22-4)6-7-15(13)20/h6-7,10-11H,5,8-9H2,1-4H3,(H,19,21). The number of ether oxygens (including phenoxy) is 2. The number of carbonyl (C=O) groups is 1. The van der Waals surface area contributed by atoms with E-state index in [1.165, 1.54) is 0 Å². The van der Waals surface area contributed by atoms with E-state index in [1.54, 1.807) is 7.11 Å². The van der Waals surface area contributed by atoms with Crippen molar-refractivity contribution < 1.29 is 14.3 Å². The van der Waals surface area contributed by atoms with Gasteiger partial charge in [0.15, 0.2) is 0 Å². The fourth-order valence-electron chi connectivity index (χ4n) is 2.30. The van der Waals surface area contributed by atoms with Crippen LogP contribution in [0.25, 0.3) is 10.9 Å². The minimum Gasteiger partial charge on any atom is -0.497 e. The smallest absolute Gasteiger partial charge is 0.407 e. The molecule has 0 aliphatic rings. The van der Waals surface area contributed by atoms with Crippen molar-refractivity contribution in [3.05, 3.63) is 28.9 Å². The van der Waals surface area contributed by atoms with Crippen LogP contribution >= 0.6 is 15.9 Å². The van der Waals surface area contributed by atoms with Crippen LogP contribution in [0.1, 0.15) is 27.2 Å². The molecule has 0 aliphatic heterocycles. The summed E-state index contributed by atoms with van der Waals surface area (Å²) in [7, 11) is 1.66. The number of fused-ring (bicyclic) bond motifs is 1. The van der Waals surface area contributed by atoms with Gasteiger partial charge in [0.05, 0.1) is 7.11 Å². The molecule has 126 valence electrons. The van der Waals surface area contributed by atoms with Crippen LogP contribution in [0.15, 0.2) is 28.9 Å². The van der Waals surface area contributed by atoms with Crippen LogP contribution in [0, 0.1) is 0 Å². The van der Waals surface area contributed by atoms with Crippen molar-refractivity contribution in [3.8, 4) is 5.75 Å². The monoisotopic (exact) mass is 382 g/mol. The number of amides is 1. The third kappa shape index (κ3) is 4.89. The average Bonchev–Trinajstić information content (AvgIpc) is 2.78.